The molecular weight excluding hydrogens is 386 g/mol. The summed E-state index contributed by atoms with van der Waals surface area (Å²) >= 11 is 0. The van der Waals surface area contributed by atoms with Gasteiger partial charge in [0.1, 0.15) is 24.0 Å². The number of halogens is 2. The Balaban J connectivity index is 1.58. The molecule has 0 radical (unpaired) electrons. The van der Waals surface area contributed by atoms with Crippen molar-refractivity contribution >= 4 is 16.2 Å². The Labute approximate surface area is 161 Å². The van der Waals surface area contributed by atoms with E-state index in [9.17, 15) is 17.2 Å². The van der Waals surface area contributed by atoms with E-state index in [0.717, 1.165) is 24.3 Å². The predicted molar refractivity (Wildman–Crippen MR) is 101 cm³/mol. The molecule has 144 valence electrons. The molecule has 0 heterocycles. The summed E-state index contributed by atoms with van der Waals surface area (Å²) in [5.41, 5.74) is 1.07. The van der Waals surface area contributed by atoms with Crippen molar-refractivity contribution in [2.45, 2.75) is 11.5 Å². The smallest absolute Gasteiger partial charge is 0.276 e. The van der Waals surface area contributed by atoms with E-state index in [4.69, 9.17) is 4.74 Å². The molecule has 3 aromatic carbocycles. The number of hydrazone groups is 1. The molecule has 0 spiro atoms. The molecular formula is C20H16F2N2O3S. The molecule has 28 heavy (non-hydrogen) atoms. The second kappa shape index (κ2) is 8.62. The highest BCUT2D eigenvalue weighted by molar-refractivity contribution is 7.89. The predicted octanol–water partition coefficient (Wildman–Crippen LogP) is 3.86. The Morgan fingerprint density at radius 2 is 1.61 bits per heavy atom. The number of nitrogens with zero attached hydrogens (tertiary/aromatic N) is 1. The van der Waals surface area contributed by atoms with E-state index in [-0.39, 0.29) is 17.3 Å². The van der Waals surface area contributed by atoms with Gasteiger partial charge in [-0.2, -0.15) is 13.5 Å². The lowest BCUT2D eigenvalue weighted by Crippen LogP contribution is -2.18. The van der Waals surface area contributed by atoms with Crippen LogP contribution in [0.15, 0.2) is 82.8 Å². The van der Waals surface area contributed by atoms with Crippen LogP contribution < -0.4 is 9.57 Å². The van der Waals surface area contributed by atoms with Crippen molar-refractivity contribution in [1.82, 2.24) is 4.83 Å². The van der Waals surface area contributed by atoms with Crippen LogP contribution >= 0.6 is 0 Å². The summed E-state index contributed by atoms with van der Waals surface area (Å²) in [6, 6.07) is 17.4. The van der Waals surface area contributed by atoms with Crippen molar-refractivity contribution in [3.63, 3.8) is 0 Å². The van der Waals surface area contributed by atoms with Gasteiger partial charge in [-0.25, -0.2) is 13.6 Å². The van der Waals surface area contributed by atoms with E-state index in [2.05, 4.69) is 9.93 Å². The minimum absolute atomic E-state index is 0.0945. The van der Waals surface area contributed by atoms with Gasteiger partial charge in [0.25, 0.3) is 10.0 Å². The normalized spacial score (nSPS) is 11.5. The number of nitrogens with one attached hydrogen (secondary N) is 1. The van der Waals surface area contributed by atoms with E-state index in [1.54, 1.807) is 42.5 Å². The fourth-order valence-corrected chi connectivity index (χ4v) is 3.05. The molecule has 0 aliphatic rings. The topological polar surface area (TPSA) is 67.8 Å². The summed E-state index contributed by atoms with van der Waals surface area (Å²) in [4.78, 5) is 1.96. The first kappa shape index (κ1) is 19.5. The third-order valence-corrected chi connectivity index (χ3v) is 4.98. The number of rotatable bonds is 7. The monoisotopic (exact) mass is 402 g/mol. The first-order valence-corrected chi connectivity index (χ1v) is 9.69. The van der Waals surface area contributed by atoms with Gasteiger partial charge in [0.2, 0.25) is 0 Å². The Morgan fingerprint density at radius 1 is 0.929 bits per heavy atom. The molecule has 0 unspecified atom stereocenters. The minimum Gasteiger partial charge on any atom is -0.489 e. The average molecular weight is 402 g/mol. The zero-order valence-corrected chi connectivity index (χ0v) is 15.4. The maximum absolute atomic E-state index is 13.6. The lowest BCUT2D eigenvalue weighted by Gasteiger charge is -2.07. The zero-order valence-electron chi connectivity index (χ0n) is 14.5. The van der Waals surface area contributed by atoms with Crippen LogP contribution in [0.25, 0.3) is 0 Å². The van der Waals surface area contributed by atoms with E-state index in [0.29, 0.717) is 16.9 Å². The van der Waals surface area contributed by atoms with Gasteiger partial charge in [-0.15, -0.1) is 0 Å². The molecule has 8 heteroatoms. The first-order chi connectivity index (χ1) is 13.4. The summed E-state index contributed by atoms with van der Waals surface area (Å²) in [7, 11) is -3.87. The minimum atomic E-state index is -3.87. The molecule has 3 rings (SSSR count). The molecule has 0 saturated heterocycles. The maximum atomic E-state index is 13.6. The van der Waals surface area contributed by atoms with E-state index >= 15 is 0 Å². The number of hydrogen-bond donors (Lipinski definition) is 1. The van der Waals surface area contributed by atoms with Crippen LogP contribution in [0.3, 0.4) is 0 Å². The highest BCUT2D eigenvalue weighted by atomic mass is 32.2. The largest absolute Gasteiger partial charge is 0.489 e. The summed E-state index contributed by atoms with van der Waals surface area (Å²) in [6.07, 6.45) is 1.32. The summed E-state index contributed by atoms with van der Waals surface area (Å²) in [5, 5.41) is 3.70. The van der Waals surface area contributed by atoms with Crippen molar-refractivity contribution in [1.29, 1.82) is 0 Å². The Kier molecular flexibility index (Phi) is 6.00. The molecule has 3 aromatic rings. The van der Waals surface area contributed by atoms with Crippen LogP contribution in [0, 0.1) is 11.6 Å². The molecule has 0 atom stereocenters. The number of ether oxygens (including phenoxy) is 1. The van der Waals surface area contributed by atoms with Crippen LogP contribution in [0.1, 0.15) is 11.1 Å². The van der Waals surface area contributed by atoms with Gasteiger partial charge in [-0.3, -0.25) is 0 Å². The summed E-state index contributed by atoms with van der Waals surface area (Å²) < 4.78 is 56.0. The lowest BCUT2D eigenvalue weighted by molar-refractivity contribution is 0.300. The Hall–Kier alpha value is -3.26. The van der Waals surface area contributed by atoms with Gasteiger partial charge >= 0.3 is 0 Å². The molecule has 1 N–H and O–H groups in total. The van der Waals surface area contributed by atoms with Crippen molar-refractivity contribution in [3.05, 3.63) is 95.6 Å². The van der Waals surface area contributed by atoms with Crippen LogP contribution in [0.4, 0.5) is 8.78 Å². The lowest BCUT2D eigenvalue weighted by atomic mass is 10.2. The quantitative estimate of drug-likeness (QED) is 0.482. The van der Waals surface area contributed by atoms with Crippen molar-refractivity contribution in [3.8, 4) is 5.75 Å². The number of sulfonamides is 1. The molecule has 0 aliphatic heterocycles. The molecule has 0 aromatic heterocycles. The molecule has 0 saturated carbocycles. The van der Waals surface area contributed by atoms with Gasteiger partial charge in [-0.05, 0) is 60.2 Å². The van der Waals surface area contributed by atoms with Gasteiger partial charge in [-0.1, -0.05) is 18.2 Å². The number of hydrogen-bond acceptors (Lipinski definition) is 4. The maximum Gasteiger partial charge on any atom is 0.276 e. The van der Waals surface area contributed by atoms with Crippen molar-refractivity contribution in [2.24, 2.45) is 5.10 Å². The van der Waals surface area contributed by atoms with Gasteiger partial charge in [0, 0.05) is 5.56 Å². The third-order valence-electron chi connectivity index (χ3n) is 3.74. The highest BCUT2D eigenvalue weighted by Gasteiger charge is 2.12. The Morgan fingerprint density at radius 3 is 2.29 bits per heavy atom. The second-order valence-electron chi connectivity index (χ2n) is 5.76. The SMILES string of the molecule is O=S(=O)(NN=Cc1ccc(OCc2ccccc2F)cc1)c1ccc(F)cc1. The Bertz CT molecular complexity index is 1070. The molecule has 0 amide bonds. The van der Waals surface area contributed by atoms with Crippen molar-refractivity contribution < 1.29 is 21.9 Å². The van der Waals surface area contributed by atoms with Crippen LogP contribution in [0.5, 0.6) is 5.75 Å². The van der Waals surface area contributed by atoms with Crippen LogP contribution in [-0.2, 0) is 16.6 Å². The standard InChI is InChI=1S/C20H16F2N2O3S/c21-17-7-11-19(12-8-17)28(25,26)24-23-13-15-5-9-18(10-6-15)27-14-16-3-1-2-4-20(16)22/h1-13,24H,14H2. The van der Waals surface area contributed by atoms with Gasteiger partial charge < -0.3 is 4.74 Å². The van der Waals surface area contributed by atoms with Gasteiger partial charge in [0.05, 0.1) is 11.1 Å². The van der Waals surface area contributed by atoms with Crippen LogP contribution in [-0.4, -0.2) is 14.6 Å². The molecule has 0 bridgehead atoms. The molecule has 0 fully saturated rings. The van der Waals surface area contributed by atoms with E-state index in [1.165, 1.54) is 12.3 Å². The summed E-state index contributed by atoms with van der Waals surface area (Å²) in [5.74, 6) is -0.327. The fourth-order valence-electron chi connectivity index (χ4n) is 2.26. The molecule has 0 aliphatic carbocycles. The van der Waals surface area contributed by atoms with Crippen LogP contribution in [0.2, 0.25) is 0 Å². The fraction of sp³-hybridized carbons (Fsp3) is 0.0500. The first-order valence-electron chi connectivity index (χ1n) is 8.21. The van der Waals surface area contributed by atoms with E-state index < -0.39 is 15.8 Å². The second-order valence-corrected chi connectivity index (χ2v) is 7.42. The number of benzene rings is 3. The molecule has 5 nitrogen and oxygen atoms in total. The summed E-state index contributed by atoms with van der Waals surface area (Å²) in [6.45, 7) is 0.0948. The van der Waals surface area contributed by atoms with E-state index in [1.807, 2.05) is 0 Å². The highest BCUT2D eigenvalue weighted by Crippen LogP contribution is 2.15. The zero-order chi connectivity index (χ0) is 20.0. The average Bonchev–Trinajstić information content (AvgIpc) is 2.69. The van der Waals surface area contributed by atoms with Gasteiger partial charge in [0.15, 0.2) is 0 Å². The third kappa shape index (κ3) is 5.14. The van der Waals surface area contributed by atoms with Crippen molar-refractivity contribution in [2.75, 3.05) is 0 Å².